The number of unbranched alkanes of at least 4 members (excludes halogenated alkanes) is 9. The SMILES string of the molecule is CCCCCCCCCCCCc1ccccc1C(=O)OCC1CO1. The molecule has 0 radical (unpaired) electrons. The van der Waals surface area contributed by atoms with Crippen molar-refractivity contribution >= 4 is 5.97 Å². The van der Waals surface area contributed by atoms with Crippen molar-refractivity contribution in [3.8, 4) is 0 Å². The first-order chi connectivity index (χ1) is 12.3. The average molecular weight is 347 g/mol. The van der Waals surface area contributed by atoms with Crippen molar-refractivity contribution in [2.75, 3.05) is 13.2 Å². The first-order valence-corrected chi connectivity index (χ1v) is 10.2. The van der Waals surface area contributed by atoms with Crippen molar-refractivity contribution in [3.05, 3.63) is 35.4 Å². The van der Waals surface area contributed by atoms with Crippen LogP contribution in [0.2, 0.25) is 0 Å². The number of carbonyl (C=O) groups is 1. The number of benzene rings is 1. The van der Waals surface area contributed by atoms with Crippen LogP contribution in [-0.4, -0.2) is 25.3 Å². The fourth-order valence-electron chi connectivity index (χ4n) is 3.15. The predicted octanol–water partition coefficient (Wildman–Crippen LogP) is 5.71. The molecule has 0 spiro atoms. The highest BCUT2D eigenvalue weighted by atomic mass is 16.6. The summed E-state index contributed by atoms with van der Waals surface area (Å²) < 4.78 is 10.4. The number of esters is 1. The number of hydrogen-bond donors (Lipinski definition) is 0. The smallest absolute Gasteiger partial charge is 0.338 e. The van der Waals surface area contributed by atoms with Gasteiger partial charge >= 0.3 is 5.97 Å². The van der Waals surface area contributed by atoms with Crippen molar-refractivity contribution in [3.63, 3.8) is 0 Å². The zero-order valence-corrected chi connectivity index (χ0v) is 15.8. The number of rotatable bonds is 14. The van der Waals surface area contributed by atoms with E-state index >= 15 is 0 Å². The highest BCUT2D eigenvalue weighted by molar-refractivity contribution is 5.91. The molecule has 3 heteroatoms. The summed E-state index contributed by atoms with van der Waals surface area (Å²) >= 11 is 0. The van der Waals surface area contributed by atoms with Gasteiger partial charge in [0, 0.05) is 0 Å². The highest BCUT2D eigenvalue weighted by Crippen LogP contribution is 2.17. The van der Waals surface area contributed by atoms with E-state index in [9.17, 15) is 4.79 Å². The summed E-state index contributed by atoms with van der Waals surface area (Å²) in [6.45, 7) is 3.36. The van der Waals surface area contributed by atoms with Crippen LogP contribution >= 0.6 is 0 Å². The van der Waals surface area contributed by atoms with Crippen LogP contribution in [-0.2, 0) is 15.9 Å². The zero-order chi connectivity index (χ0) is 17.7. The van der Waals surface area contributed by atoms with Crippen molar-refractivity contribution in [2.45, 2.75) is 83.7 Å². The summed E-state index contributed by atoms with van der Waals surface area (Å²) in [5, 5.41) is 0. The minimum atomic E-state index is -0.210. The molecule has 0 aromatic heterocycles. The number of epoxide rings is 1. The van der Waals surface area contributed by atoms with Crippen LogP contribution < -0.4 is 0 Å². The molecule has 1 heterocycles. The van der Waals surface area contributed by atoms with E-state index in [2.05, 4.69) is 13.0 Å². The molecule has 1 unspecified atom stereocenters. The Labute approximate surface area is 153 Å². The third-order valence-electron chi connectivity index (χ3n) is 4.84. The van der Waals surface area contributed by atoms with E-state index in [1.54, 1.807) is 0 Å². The van der Waals surface area contributed by atoms with Gasteiger partial charge in [-0.25, -0.2) is 4.79 Å². The molecular formula is C22H34O3. The summed E-state index contributed by atoms with van der Waals surface area (Å²) in [4.78, 5) is 12.2. The van der Waals surface area contributed by atoms with E-state index in [0.29, 0.717) is 13.2 Å². The summed E-state index contributed by atoms with van der Waals surface area (Å²) in [6.07, 6.45) is 14.4. The molecule has 1 aliphatic rings. The lowest BCUT2D eigenvalue weighted by Gasteiger charge is -2.09. The van der Waals surface area contributed by atoms with Crippen molar-refractivity contribution in [2.24, 2.45) is 0 Å². The fraction of sp³-hybridized carbons (Fsp3) is 0.682. The Bertz CT molecular complexity index is 494. The summed E-state index contributed by atoms with van der Waals surface area (Å²) in [5.74, 6) is -0.210. The van der Waals surface area contributed by atoms with Gasteiger partial charge in [0.25, 0.3) is 0 Å². The summed E-state index contributed by atoms with van der Waals surface area (Å²) in [6, 6.07) is 7.85. The lowest BCUT2D eigenvalue weighted by Crippen LogP contribution is -2.12. The van der Waals surface area contributed by atoms with Crippen LogP contribution in [0.4, 0.5) is 0 Å². The molecule has 2 rings (SSSR count). The van der Waals surface area contributed by atoms with Gasteiger partial charge in [-0.15, -0.1) is 0 Å². The second-order valence-corrected chi connectivity index (χ2v) is 7.14. The zero-order valence-electron chi connectivity index (χ0n) is 15.8. The molecule has 140 valence electrons. The van der Waals surface area contributed by atoms with Crippen molar-refractivity contribution in [1.29, 1.82) is 0 Å². The van der Waals surface area contributed by atoms with E-state index in [4.69, 9.17) is 9.47 Å². The third-order valence-corrected chi connectivity index (χ3v) is 4.84. The van der Waals surface area contributed by atoms with Crippen LogP contribution in [0.5, 0.6) is 0 Å². The van der Waals surface area contributed by atoms with Gasteiger partial charge < -0.3 is 9.47 Å². The van der Waals surface area contributed by atoms with Crippen LogP contribution in [0.1, 0.15) is 87.1 Å². The van der Waals surface area contributed by atoms with Gasteiger partial charge in [-0.05, 0) is 24.5 Å². The summed E-state index contributed by atoms with van der Waals surface area (Å²) in [7, 11) is 0. The standard InChI is InChI=1S/C22H34O3/c1-2-3-4-5-6-7-8-9-10-11-14-19-15-12-13-16-21(19)22(23)25-18-20-17-24-20/h12-13,15-16,20H,2-11,14,17-18H2,1H3. The molecule has 1 aliphatic heterocycles. The molecular weight excluding hydrogens is 312 g/mol. The van der Waals surface area contributed by atoms with Crippen LogP contribution in [0.15, 0.2) is 24.3 Å². The second kappa shape index (κ2) is 12.1. The molecule has 1 atom stereocenters. The largest absolute Gasteiger partial charge is 0.459 e. The Kier molecular flexibility index (Phi) is 9.65. The topological polar surface area (TPSA) is 38.8 Å². The first-order valence-electron chi connectivity index (χ1n) is 10.2. The van der Waals surface area contributed by atoms with Gasteiger partial charge in [0.05, 0.1) is 12.2 Å². The Morgan fingerprint density at radius 2 is 1.60 bits per heavy atom. The van der Waals surface area contributed by atoms with Gasteiger partial charge in [-0.2, -0.15) is 0 Å². The van der Waals surface area contributed by atoms with E-state index in [1.807, 2.05) is 18.2 Å². The van der Waals surface area contributed by atoms with Gasteiger partial charge in [-0.1, -0.05) is 82.9 Å². The minimum absolute atomic E-state index is 0.123. The minimum Gasteiger partial charge on any atom is -0.459 e. The predicted molar refractivity (Wildman–Crippen MR) is 102 cm³/mol. The maximum atomic E-state index is 12.2. The maximum Gasteiger partial charge on any atom is 0.338 e. The lowest BCUT2D eigenvalue weighted by atomic mass is 10.00. The van der Waals surface area contributed by atoms with E-state index in [-0.39, 0.29) is 12.1 Å². The number of carbonyl (C=O) groups excluding carboxylic acids is 1. The van der Waals surface area contributed by atoms with Gasteiger partial charge in [-0.3, -0.25) is 0 Å². The molecule has 3 nitrogen and oxygen atoms in total. The number of hydrogen-bond acceptors (Lipinski definition) is 3. The van der Waals surface area contributed by atoms with Gasteiger partial charge in [0.1, 0.15) is 12.7 Å². The molecule has 0 amide bonds. The molecule has 1 aromatic carbocycles. The van der Waals surface area contributed by atoms with Gasteiger partial charge in [0.15, 0.2) is 0 Å². The van der Waals surface area contributed by atoms with E-state index in [1.165, 1.54) is 57.8 Å². The monoisotopic (exact) mass is 346 g/mol. The molecule has 1 saturated heterocycles. The lowest BCUT2D eigenvalue weighted by molar-refractivity contribution is 0.0475. The van der Waals surface area contributed by atoms with Crippen LogP contribution in [0, 0.1) is 0 Å². The Balaban J connectivity index is 1.58. The van der Waals surface area contributed by atoms with E-state index in [0.717, 1.165) is 24.0 Å². The Morgan fingerprint density at radius 1 is 1.00 bits per heavy atom. The highest BCUT2D eigenvalue weighted by Gasteiger charge is 2.25. The Morgan fingerprint density at radius 3 is 2.24 bits per heavy atom. The van der Waals surface area contributed by atoms with Crippen molar-refractivity contribution in [1.82, 2.24) is 0 Å². The molecule has 1 fully saturated rings. The fourth-order valence-corrected chi connectivity index (χ4v) is 3.15. The van der Waals surface area contributed by atoms with Crippen molar-refractivity contribution < 1.29 is 14.3 Å². The molecule has 0 aliphatic carbocycles. The van der Waals surface area contributed by atoms with Gasteiger partial charge in [0.2, 0.25) is 0 Å². The average Bonchev–Trinajstić information content (AvgIpc) is 3.46. The molecule has 0 saturated carbocycles. The third kappa shape index (κ3) is 8.53. The molecule has 25 heavy (non-hydrogen) atoms. The quantitative estimate of drug-likeness (QED) is 0.246. The number of ether oxygens (including phenoxy) is 2. The Hall–Kier alpha value is -1.35. The van der Waals surface area contributed by atoms with Crippen LogP contribution in [0.25, 0.3) is 0 Å². The van der Waals surface area contributed by atoms with E-state index < -0.39 is 0 Å². The number of aryl methyl sites for hydroxylation is 1. The first kappa shape index (κ1) is 20.0. The molecule has 1 aromatic rings. The normalized spacial score (nSPS) is 16.0. The molecule has 0 bridgehead atoms. The second-order valence-electron chi connectivity index (χ2n) is 7.14. The molecule has 0 N–H and O–H groups in total. The summed E-state index contributed by atoms with van der Waals surface area (Å²) in [5.41, 5.74) is 1.84. The maximum absolute atomic E-state index is 12.2. The van der Waals surface area contributed by atoms with Crippen LogP contribution in [0.3, 0.4) is 0 Å².